The number of carbonyl (C=O) groups is 1. The number of hydrogen-bond acceptors (Lipinski definition) is 4. The monoisotopic (exact) mass is 449 g/mol. The molecule has 1 saturated heterocycles. The average Bonchev–Trinajstić information content (AvgIpc) is 2.89. The first kappa shape index (κ1) is 19.0. The van der Waals surface area contributed by atoms with Gasteiger partial charge in [-0.1, -0.05) is 17.7 Å². The Morgan fingerprint density at radius 3 is 2.65 bits per heavy atom. The number of rotatable bonds is 3. The van der Waals surface area contributed by atoms with Gasteiger partial charge in [0.05, 0.1) is 16.3 Å². The molecular formula is C19H17BrClN3OS. The molecule has 1 aliphatic rings. The minimum Gasteiger partial charge on any atom is -0.377 e. The number of amidine groups is 1. The third kappa shape index (κ3) is 4.31. The molecule has 134 valence electrons. The van der Waals surface area contributed by atoms with E-state index in [0.29, 0.717) is 15.1 Å². The van der Waals surface area contributed by atoms with Crippen LogP contribution in [-0.4, -0.2) is 25.2 Å². The highest BCUT2D eigenvalue weighted by Crippen LogP contribution is 2.32. The van der Waals surface area contributed by atoms with Gasteiger partial charge in [-0.05, 0) is 82.2 Å². The van der Waals surface area contributed by atoms with E-state index in [4.69, 9.17) is 11.6 Å². The molecule has 0 spiro atoms. The van der Waals surface area contributed by atoms with Crippen molar-refractivity contribution in [3.63, 3.8) is 0 Å². The second-order valence-corrected chi connectivity index (χ2v) is 8.34. The molecule has 7 heteroatoms. The molecule has 4 nitrogen and oxygen atoms in total. The minimum absolute atomic E-state index is 0.145. The standard InChI is InChI=1S/C19H17BrClN3OS/c1-11-8-13(21)5-6-15(11)22-19-23-18(25)17(26-19)10-12-4-7-16(24(2)3)14(20)9-12/h4-10H,1-3H3,(H,22,23,25)/b17-10-. The van der Waals surface area contributed by atoms with Gasteiger partial charge in [0.2, 0.25) is 0 Å². The molecule has 0 aliphatic carbocycles. The van der Waals surface area contributed by atoms with E-state index in [0.717, 1.165) is 27.0 Å². The largest absolute Gasteiger partial charge is 0.377 e. The van der Waals surface area contributed by atoms with E-state index in [1.54, 1.807) is 6.07 Å². The maximum Gasteiger partial charge on any atom is 0.264 e. The van der Waals surface area contributed by atoms with Crippen molar-refractivity contribution in [1.29, 1.82) is 0 Å². The lowest BCUT2D eigenvalue weighted by Crippen LogP contribution is -2.19. The summed E-state index contributed by atoms with van der Waals surface area (Å²) >= 11 is 10.9. The molecule has 2 aromatic carbocycles. The third-order valence-electron chi connectivity index (χ3n) is 3.78. The zero-order chi connectivity index (χ0) is 18.8. The van der Waals surface area contributed by atoms with Crippen LogP contribution in [0.3, 0.4) is 0 Å². The second-order valence-electron chi connectivity index (χ2n) is 6.02. The number of aliphatic imine (C=N–C) groups is 1. The van der Waals surface area contributed by atoms with Crippen LogP contribution in [0.5, 0.6) is 0 Å². The van der Waals surface area contributed by atoms with E-state index in [2.05, 4.69) is 26.2 Å². The molecule has 1 fully saturated rings. The van der Waals surface area contributed by atoms with Crippen LogP contribution in [0.15, 0.2) is 50.8 Å². The van der Waals surface area contributed by atoms with Gasteiger partial charge in [0.1, 0.15) is 0 Å². The Morgan fingerprint density at radius 1 is 1.23 bits per heavy atom. The Balaban J connectivity index is 1.84. The van der Waals surface area contributed by atoms with Crippen molar-refractivity contribution in [2.75, 3.05) is 19.0 Å². The number of benzene rings is 2. The molecule has 0 bridgehead atoms. The Labute approximate surface area is 170 Å². The van der Waals surface area contributed by atoms with E-state index in [1.807, 2.05) is 62.3 Å². The summed E-state index contributed by atoms with van der Waals surface area (Å²) in [4.78, 5) is 19.4. The van der Waals surface area contributed by atoms with Crippen molar-refractivity contribution in [2.24, 2.45) is 4.99 Å². The lowest BCUT2D eigenvalue weighted by atomic mass is 10.2. The normalized spacial score (nSPS) is 17.0. The summed E-state index contributed by atoms with van der Waals surface area (Å²) in [5.74, 6) is -0.145. The number of carbonyl (C=O) groups excluding carboxylic acids is 1. The molecule has 1 heterocycles. The average molecular weight is 451 g/mol. The van der Waals surface area contributed by atoms with Crippen molar-refractivity contribution in [2.45, 2.75) is 6.92 Å². The number of nitrogens with one attached hydrogen (secondary N) is 1. The van der Waals surface area contributed by atoms with Gasteiger partial charge in [0, 0.05) is 23.6 Å². The van der Waals surface area contributed by atoms with Crippen molar-refractivity contribution in [3.8, 4) is 0 Å². The van der Waals surface area contributed by atoms with Crippen LogP contribution in [0.2, 0.25) is 5.02 Å². The van der Waals surface area contributed by atoms with Crippen LogP contribution in [0, 0.1) is 6.92 Å². The van der Waals surface area contributed by atoms with Crippen LogP contribution >= 0.6 is 39.3 Å². The molecule has 1 aliphatic heterocycles. The molecule has 26 heavy (non-hydrogen) atoms. The summed E-state index contributed by atoms with van der Waals surface area (Å²) in [6.07, 6.45) is 1.86. The van der Waals surface area contributed by atoms with Gasteiger partial charge in [0.25, 0.3) is 5.91 Å². The Kier molecular flexibility index (Phi) is 5.75. The molecule has 2 aromatic rings. The van der Waals surface area contributed by atoms with Crippen LogP contribution < -0.4 is 10.2 Å². The molecule has 0 aromatic heterocycles. The number of thioether (sulfide) groups is 1. The lowest BCUT2D eigenvalue weighted by molar-refractivity contribution is -0.115. The van der Waals surface area contributed by atoms with E-state index in [1.165, 1.54) is 11.8 Å². The first-order valence-electron chi connectivity index (χ1n) is 7.86. The third-order valence-corrected chi connectivity index (χ3v) is 5.56. The summed E-state index contributed by atoms with van der Waals surface area (Å²) in [7, 11) is 3.97. The van der Waals surface area contributed by atoms with Gasteiger partial charge in [-0.15, -0.1) is 0 Å². The smallest absolute Gasteiger partial charge is 0.264 e. The molecule has 0 unspecified atom stereocenters. The highest BCUT2D eigenvalue weighted by Gasteiger charge is 2.24. The maximum atomic E-state index is 12.3. The SMILES string of the molecule is Cc1cc(Cl)ccc1N=C1NC(=O)/C(=C/c2ccc(N(C)C)c(Br)c2)S1. The first-order valence-corrected chi connectivity index (χ1v) is 9.85. The first-order chi connectivity index (χ1) is 12.3. The zero-order valence-electron chi connectivity index (χ0n) is 14.5. The molecule has 1 amide bonds. The van der Waals surface area contributed by atoms with E-state index in [9.17, 15) is 4.79 Å². The van der Waals surface area contributed by atoms with Crippen LogP contribution in [0.25, 0.3) is 6.08 Å². The van der Waals surface area contributed by atoms with Gasteiger partial charge in [-0.2, -0.15) is 0 Å². The molecule has 0 saturated carbocycles. The zero-order valence-corrected chi connectivity index (χ0v) is 17.7. The number of amides is 1. The Hall–Kier alpha value is -1.76. The second kappa shape index (κ2) is 7.86. The van der Waals surface area contributed by atoms with Crippen molar-refractivity contribution >= 4 is 67.8 Å². The van der Waals surface area contributed by atoms with Gasteiger partial charge >= 0.3 is 0 Å². The predicted octanol–water partition coefficient (Wildman–Crippen LogP) is 5.37. The topological polar surface area (TPSA) is 44.7 Å². The fraction of sp³-hybridized carbons (Fsp3) is 0.158. The lowest BCUT2D eigenvalue weighted by Gasteiger charge is -2.14. The summed E-state index contributed by atoms with van der Waals surface area (Å²) in [5.41, 5.74) is 3.78. The van der Waals surface area contributed by atoms with Crippen molar-refractivity contribution in [1.82, 2.24) is 5.32 Å². The van der Waals surface area contributed by atoms with Gasteiger partial charge in [0.15, 0.2) is 5.17 Å². The van der Waals surface area contributed by atoms with E-state index in [-0.39, 0.29) is 5.91 Å². The number of halogens is 2. The Morgan fingerprint density at radius 2 is 2.00 bits per heavy atom. The van der Waals surface area contributed by atoms with Crippen LogP contribution in [0.4, 0.5) is 11.4 Å². The van der Waals surface area contributed by atoms with Gasteiger partial charge in [-0.25, -0.2) is 4.99 Å². The fourth-order valence-electron chi connectivity index (χ4n) is 2.46. The summed E-state index contributed by atoms with van der Waals surface area (Å²) in [5, 5.41) is 4.05. The highest BCUT2D eigenvalue weighted by atomic mass is 79.9. The fourth-order valence-corrected chi connectivity index (χ4v) is 4.27. The van der Waals surface area contributed by atoms with E-state index < -0.39 is 0 Å². The Bertz CT molecular complexity index is 940. The number of anilines is 1. The van der Waals surface area contributed by atoms with Crippen molar-refractivity contribution < 1.29 is 4.79 Å². The van der Waals surface area contributed by atoms with Crippen LogP contribution in [0.1, 0.15) is 11.1 Å². The number of aryl methyl sites for hydroxylation is 1. The maximum absolute atomic E-state index is 12.3. The van der Waals surface area contributed by atoms with E-state index >= 15 is 0 Å². The summed E-state index contributed by atoms with van der Waals surface area (Å²) in [6, 6.07) is 11.5. The quantitative estimate of drug-likeness (QED) is 0.640. The van der Waals surface area contributed by atoms with Gasteiger partial charge < -0.3 is 10.2 Å². The minimum atomic E-state index is -0.145. The summed E-state index contributed by atoms with van der Waals surface area (Å²) < 4.78 is 0.978. The molecule has 0 radical (unpaired) electrons. The number of hydrogen-bond donors (Lipinski definition) is 1. The van der Waals surface area contributed by atoms with Crippen LogP contribution in [-0.2, 0) is 4.79 Å². The highest BCUT2D eigenvalue weighted by molar-refractivity contribution is 9.10. The molecule has 3 rings (SSSR count). The number of nitrogens with zero attached hydrogens (tertiary/aromatic N) is 2. The molecule has 0 atom stereocenters. The van der Waals surface area contributed by atoms with Gasteiger partial charge in [-0.3, -0.25) is 4.79 Å². The molecular weight excluding hydrogens is 434 g/mol. The predicted molar refractivity (Wildman–Crippen MR) is 115 cm³/mol. The molecule has 1 N–H and O–H groups in total. The van der Waals surface area contributed by atoms with Crippen molar-refractivity contribution in [3.05, 3.63) is 61.9 Å². The summed E-state index contributed by atoms with van der Waals surface area (Å²) in [6.45, 7) is 1.94.